The maximum absolute atomic E-state index is 4.72. The van der Waals surface area contributed by atoms with Crippen molar-refractivity contribution in [3.05, 3.63) is 110 Å². The van der Waals surface area contributed by atoms with Crippen molar-refractivity contribution in [3.63, 3.8) is 0 Å². The van der Waals surface area contributed by atoms with Gasteiger partial charge in [0.25, 0.3) is 0 Å². The van der Waals surface area contributed by atoms with Crippen molar-refractivity contribution in [3.8, 4) is 24.0 Å². The van der Waals surface area contributed by atoms with E-state index in [0.717, 1.165) is 31.1 Å². The summed E-state index contributed by atoms with van der Waals surface area (Å²) in [6.07, 6.45) is 24.6. The molecular weight excluding hydrogens is 487 g/mol. The van der Waals surface area contributed by atoms with Gasteiger partial charge < -0.3 is 18.8 Å². The first-order valence-corrected chi connectivity index (χ1v) is 13.1. The van der Waals surface area contributed by atoms with Gasteiger partial charge in [-0.1, -0.05) is 94.1 Å². The van der Waals surface area contributed by atoms with Crippen molar-refractivity contribution in [1.82, 2.24) is 5.32 Å². The van der Waals surface area contributed by atoms with Crippen LogP contribution in [0.2, 0.25) is 0 Å². The molecule has 3 heteroatoms. The summed E-state index contributed by atoms with van der Waals surface area (Å²) in [6, 6.07) is 15.8. The van der Waals surface area contributed by atoms with Crippen LogP contribution < -0.4 is 56.7 Å². The van der Waals surface area contributed by atoms with E-state index < -0.39 is 0 Å². The van der Waals surface area contributed by atoms with Gasteiger partial charge in [0.15, 0.2) is 0 Å². The molecule has 0 aromatic heterocycles. The summed E-state index contributed by atoms with van der Waals surface area (Å²) in [7, 11) is 0. The first-order valence-electron chi connectivity index (χ1n) is 13.1. The number of fused-ring (bicyclic) bond motifs is 1. The van der Waals surface area contributed by atoms with Crippen molar-refractivity contribution >= 4 is 11.9 Å². The average Bonchev–Trinajstić information content (AvgIpc) is 3.32. The van der Waals surface area contributed by atoms with Crippen LogP contribution in [0.5, 0.6) is 0 Å². The summed E-state index contributed by atoms with van der Waals surface area (Å²) in [6.45, 7) is 22.0. The molecule has 0 spiro atoms. The normalized spacial score (nSPS) is 15.1. The Labute approximate surface area is 277 Å². The van der Waals surface area contributed by atoms with Crippen molar-refractivity contribution in [2.75, 3.05) is 13.1 Å². The van der Waals surface area contributed by atoms with Gasteiger partial charge >= 0.3 is 51.4 Å². The largest absolute Gasteiger partial charge is 1.00 e. The van der Waals surface area contributed by atoms with Crippen LogP contribution in [0.1, 0.15) is 69.9 Å². The number of benzene rings is 2. The zero-order valence-electron chi connectivity index (χ0n) is 24.4. The Bertz CT molecular complexity index is 990. The van der Waals surface area contributed by atoms with Crippen molar-refractivity contribution in [2.45, 2.75) is 58.8 Å². The predicted molar refractivity (Wildman–Crippen MR) is 168 cm³/mol. The molecule has 2 heterocycles. The smallest absolute Gasteiger partial charge is 0.518 e. The van der Waals surface area contributed by atoms with Crippen LogP contribution in [-0.4, -0.2) is 19.3 Å². The number of aliphatic imine (C=N–C) groups is 1. The molecular formula is C35H46KN2-. The number of hydrogen-bond donors (Lipinski definition) is 1. The molecule has 0 aliphatic carbocycles. The molecule has 0 saturated carbocycles. The number of nitrogens with zero attached hydrogens (tertiary/aromatic N) is 1. The Balaban J connectivity index is 0. The quantitative estimate of drug-likeness (QED) is 0.208. The van der Waals surface area contributed by atoms with Crippen LogP contribution in [0, 0.1) is 26.3 Å². The van der Waals surface area contributed by atoms with Crippen LogP contribution in [0.4, 0.5) is 5.69 Å². The molecule has 1 fully saturated rings. The molecule has 2 aromatic carbocycles. The molecule has 0 amide bonds. The molecule has 2 nitrogen and oxygen atoms in total. The number of rotatable bonds is 4. The molecule has 2 aromatic rings. The fraction of sp³-hybridized carbons (Fsp3) is 0.314. The second-order valence-electron chi connectivity index (χ2n) is 8.47. The monoisotopic (exact) mass is 533 g/mol. The van der Waals surface area contributed by atoms with Crippen molar-refractivity contribution in [1.29, 1.82) is 0 Å². The SMILES string of the molecule is C#C.C=C/C=C\C=C/C.CC1C=Nc2cc(-c3ccc(C4CCNCC4)cc3)ccc21.[CH-]=CC.[CH2-]CC.[K+]. The van der Waals surface area contributed by atoms with Crippen LogP contribution in [0.25, 0.3) is 11.1 Å². The first kappa shape index (κ1) is 38.4. The maximum Gasteiger partial charge on any atom is 1.00 e. The van der Waals surface area contributed by atoms with E-state index in [1.165, 1.54) is 41.2 Å². The summed E-state index contributed by atoms with van der Waals surface area (Å²) in [5.41, 5.74) is 6.51. The minimum Gasteiger partial charge on any atom is -0.518 e. The van der Waals surface area contributed by atoms with E-state index in [-0.39, 0.29) is 51.4 Å². The van der Waals surface area contributed by atoms with Crippen LogP contribution in [-0.2, 0) is 0 Å². The van der Waals surface area contributed by atoms with E-state index in [1.807, 2.05) is 44.4 Å². The standard InChI is InChI=1S/C20H22N2.C7H10.C3H7.C3H5.C2H2.K/c1-14-13-22-20-12-18(6-7-19(14)20)16-4-2-15(3-5-16)17-8-10-21-11-9-17;1-3-5-7-6-4-2;2*1-3-2;1-2;/h2-7,12-14,17,21H,8-11H2,1H3;3-7H,1H2,2H3;1,3H2,2H3;1,3H,2H3;1-2H;/q;;2*-1;;+1/b;6-4-,7-5-;;;;. The maximum atomic E-state index is 4.72. The molecule has 1 atom stereocenters. The van der Waals surface area contributed by atoms with Crippen molar-refractivity contribution in [2.24, 2.45) is 4.99 Å². The molecule has 0 radical (unpaired) electrons. The summed E-state index contributed by atoms with van der Waals surface area (Å²) in [5, 5.41) is 3.44. The van der Waals surface area contributed by atoms with Gasteiger partial charge in [0, 0.05) is 12.1 Å². The van der Waals surface area contributed by atoms with Crippen LogP contribution >= 0.6 is 0 Å². The zero-order valence-corrected chi connectivity index (χ0v) is 27.5. The van der Waals surface area contributed by atoms with Gasteiger partial charge in [-0.05, 0) is 67.1 Å². The summed E-state index contributed by atoms with van der Waals surface area (Å²) < 4.78 is 0. The van der Waals surface area contributed by atoms with Gasteiger partial charge in [-0.15, -0.1) is 12.8 Å². The second-order valence-corrected chi connectivity index (χ2v) is 8.47. The first-order chi connectivity index (χ1) is 18.1. The van der Waals surface area contributed by atoms with Crippen molar-refractivity contribution < 1.29 is 51.4 Å². The molecule has 198 valence electrons. The fourth-order valence-corrected chi connectivity index (χ4v) is 3.85. The molecule has 1 unspecified atom stereocenters. The third kappa shape index (κ3) is 15.0. The third-order valence-corrected chi connectivity index (χ3v) is 5.56. The Morgan fingerprint density at radius 3 is 2.11 bits per heavy atom. The minimum absolute atomic E-state index is 0. The summed E-state index contributed by atoms with van der Waals surface area (Å²) in [5.74, 6) is 1.17. The number of hydrogen-bond acceptors (Lipinski definition) is 2. The van der Waals surface area contributed by atoms with Gasteiger partial charge in [0.1, 0.15) is 0 Å². The predicted octanol–water partition coefficient (Wildman–Crippen LogP) is 6.42. The van der Waals surface area contributed by atoms with E-state index in [1.54, 1.807) is 13.0 Å². The van der Waals surface area contributed by atoms with E-state index in [4.69, 9.17) is 6.58 Å². The van der Waals surface area contributed by atoms with Crippen LogP contribution in [0.15, 0.2) is 90.5 Å². The minimum atomic E-state index is 0. The number of terminal acetylenes is 1. The van der Waals surface area contributed by atoms with Gasteiger partial charge in [-0.25, -0.2) is 0 Å². The second kappa shape index (κ2) is 25.5. The van der Waals surface area contributed by atoms with E-state index in [2.05, 4.69) is 86.0 Å². The number of allylic oxidation sites excluding steroid dienone is 6. The Kier molecular flexibility index (Phi) is 25.8. The average molecular weight is 534 g/mol. The van der Waals surface area contributed by atoms with Gasteiger partial charge in [0.2, 0.25) is 0 Å². The molecule has 38 heavy (non-hydrogen) atoms. The number of piperidine rings is 1. The Hall–Kier alpha value is -1.77. The third-order valence-electron chi connectivity index (χ3n) is 5.56. The summed E-state index contributed by atoms with van der Waals surface area (Å²) in [4.78, 5) is 4.53. The van der Waals surface area contributed by atoms with Gasteiger partial charge in [-0.2, -0.15) is 6.42 Å². The summed E-state index contributed by atoms with van der Waals surface area (Å²) >= 11 is 0. The van der Waals surface area contributed by atoms with E-state index in [0.29, 0.717) is 5.92 Å². The van der Waals surface area contributed by atoms with Crippen LogP contribution in [0.3, 0.4) is 0 Å². The molecule has 1 saturated heterocycles. The Morgan fingerprint density at radius 1 is 1.03 bits per heavy atom. The van der Waals surface area contributed by atoms with Gasteiger partial charge in [0.05, 0.1) is 5.69 Å². The number of nitrogens with one attached hydrogen (secondary N) is 1. The molecule has 2 aliphatic rings. The molecule has 2 aliphatic heterocycles. The van der Waals surface area contributed by atoms with E-state index >= 15 is 0 Å². The Morgan fingerprint density at radius 2 is 1.58 bits per heavy atom. The molecule has 1 N–H and O–H groups in total. The topological polar surface area (TPSA) is 24.4 Å². The fourth-order valence-electron chi connectivity index (χ4n) is 3.85. The van der Waals surface area contributed by atoms with Gasteiger partial charge in [-0.3, -0.25) is 11.1 Å². The molecule has 0 bridgehead atoms. The molecule has 4 rings (SSSR count). The van der Waals surface area contributed by atoms with E-state index in [9.17, 15) is 0 Å². The zero-order chi connectivity index (χ0) is 27.9.